The van der Waals surface area contributed by atoms with Gasteiger partial charge in [0.2, 0.25) is 5.91 Å². The minimum atomic E-state index is -0.0324. The summed E-state index contributed by atoms with van der Waals surface area (Å²) < 4.78 is 0. The zero-order valence-electron chi connectivity index (χ0n) is 18.7. The zero-order chi connectivity index (χ0) is 22.2. The van der Waals surface area contributed by atoms with E-state index < -0.39 is 0 Å². The van der Waals surface area contributed by atoms with Gasteiger partial charge in [0.1, 0.15) is 0 Å². The van der Waals surface area contributed by atoms with Crippen LogP contribution in [0, 0.1) is 0 Å². The normalized spacial score (nSPS) is 15.3. The van der Waals surface area contributed by atoms with Crippen LogP contribution in [-0.4, -0.2) is 43.5 Å². The van der Waals surface area contributed by atoms with Crippen molar-refractivity contribution in [3.63, 3.8) is 0 Å². The molecule has 0 spiro atoms. The lowest BCUT2D eigenvalue weighted by atomic mass is 10.1. The lowest BCUT2D eigenvalue weighted by Gasteiger charge is -2.36. The van der Waals surface area contributed by atoms with Crippen LogP contribution in [0.25, 0.3) is 0 Å². The number of nitrogens with zero attached hydrogens (tertiary/aromatic N) is 2. The number of piperazine rings is 1. The van der Waals surface area contributed by atoms with Crippen molar-refractivity contribution in [2.45, 2.75) is 19.5 Å². The molecule has 0 saturated carbocycles. The molecule has 0 aliphatic carbocycles. The summed E-state index contributed by atoms with van der Waals surface area (Å²) in [7, 11) is 0. The molecule has 5 nitrogen and oxygen atoms in total. The van der Waals surface area contributed by atoms with Crippen molar-refractivity contribution in [2.75, 3.05) is 42.9 Å². The molecule has 166 valence electrons. The summed E-state index contributed by atoms with van der Waals surface area (Å²) in [5, 5.41) is 6.26. The standard InChI is InChI=1S/C27H32N4O/c1-22(24-10-6-3-7-11-24)28-20-27(32)29-25-12-14-26(15-13-25)31-18-16-30(17-19-31)21-23-8-4-2-5-9-23/h2-15,22,28H,16-21H2,1H3,(H,29,32)/t22-/m1/s1. The smallest absolute Gasteiger partial charge is 0.238 e. The van der Waals surface area contributed by atoms with E-state index in [4.69, 9.17) is 0 Å². The van der Waals surface area contributed by atoms with Crippen LogP contribution in [0.1, 0.15) is 24.1 Å². The molecule has 1 amide bonds. The average molecular weight is 429 g/mol. The summed E-state index contributed by atoms with van der Waals surface area (Å²) in [6.07, 6.45) is 0. The molecule has 0 radical (unpaired) electrons. The number of amides is 1. The van der Waals surface area contributed by atoms with E-state index in [1.165, 1.54) is 16.8 Å². The highest BCUT2D eigenvalue weighted by atomic mass is 16.1. The Morgan fingerprint density at radius 3 is 2.12 bits per heavy atom. The summed E-state index contributed by atoms with van der Waals surface area (Å²) in [5.74, 6) is -0.0324. The molecule has 1 aliphatic rings. The van der Waals surface area contributed by atoms with Crippen molar-refractivity contribution in [1.29, 1.82) is 0 Å². The molecular formula is C27H32N4O. The molecule has 2 N–H and O–H groups in total. The number of benzene rings is 3. The SMILES string of the molecule is C[C@@H](NCC(=O)Nc1ccc(N2CCN(Cc3ccccc3)CC2)cc1)c1ccccc1. The molecule has 1 atom stereocenters. The van der Waals surface area contributed by atoms with E-state index in [1.54, 1.807) is 0 Å². The molecule has 0 unspecified atom stereocenters. The number of carbonyl (C=O) groups excluding carboxylic acids is 1. The number of anilines is 2. The lowest BCUT2D eigenvalue weighted by Crippen LogP contribution is -2.45. The first-order chi connectivity index (χ1) is 15.7. The fourth-order valence-electron chi connectivity index (χ4n) is 4.07. The van der Waals surface area contributed by atoms with Gasteiger partial charge in [-0.25, -0.2) is 0 Å². The molecular weight excluding hydrogens is 396 g/mol. The summed E-state index contributed by atoms with van der Waals surface area (Å²) >= 11 is 0. The summed E-state index contributed by atoms with van der Waals surface area (Å²) in [6.45, 7) is 7.49. The third kappa shape index (κ3) is 6.19. The van der Waals surface area contributed by atoms with E-state index in [2.05, 4.69) is 82.0 Å². The van der Waals surface area contributed by atoms with Crippen molar-refractivity contribution in [2.24, 2.45) is 0 Å². The Kier molecular flexibility index (Phi) is 7.54. The van der Waals surface area contributed by atoms with Crippen LogP contribution in [0.15, 0.2) is 84.9 Å². The van der Waals surface area contributed by atoms with Gasteiger partial charge in [0.15, 0.2) is 0 Å². The van der Waals surface area contributed by atoms with Crippen LogP contribution < -0.4 is 15.5 Å². The minimum Gasteiger partial charge on any atom is -0.369 e. The molecule has 0 bridgehead atoms. The first-order valence-corrected chi connectivity index (χ1v) is 11.4. The van der Waals surface area contributed by atoms with Gasteiger partial charge in [-0.1, -0.05) is 60.7 Å². The van der Waals surface area contributed by atoms with Crippen LogP contribution in [0.5, 0.6) is 0 Å². The van der Waals surface area contributed by atoms with E-state index in [9.17, 15) is 4.79 Å². The second-order valence-corrected chi connectivity index (χ2v) is 8.36. The van der Waals surface area contributed by atoms with Crippen LogP contribution in [0.3, 0.4) is 0 Å². The molecule has 1 heterocycles. The van der Waals surface area contributed by atoms with Crippen LogP contribution in [-0.2, 0) is 11.3 Å². The monoisotopic (exact) mass is 428 g/mol. The third-order valence-electron chi connectivity index (χ3n) is 6.01. The lowest BCUT2D eigenvalue weighted by molar-refractivity contribution is -0.115. The topological polar surface area (TPSA) is 47.6 Å². The summed E-state index contributed by atoms with van der Waals surface area (Å²) in [4.78, 5) is 17.2. The average Bonchev–Trinajstić information content (AvgIpc) is 2.85. The van der Waals surface area contributed by atoms with Crippen molar-refractivity contribution in [3.05, 3.63) is 96.1 Å². The Morgan fingerprint density at radius 1 is 0.844 bits per heavy atom. The van der Waals surface area contributed by atoms with Crippen molar-refractivity contribution in [1.82, 2.24) is 10.2 Å². The number of hydrogen-bond acceptors (Lipinski definition) is 4. The maximum atomic E-state index is 12.3. The first kappa shape index (κ1) is 22.1. The second-order valence-electron chi connectivity index (χ2n) is 8.36. The van der Waals surface area contributed by atoms with Gasteiger partial charge in [-0.05, 0) is 42.3 Å². The highest BCUT2D eigenvalue weighted by molar-refractivity contribution is 5.92. The highest BCUT2D eigenvalue weighted by Gasteiger charge is 2.17. The number of rotatable bonds is 8. The molecule has 32 heavy (non-hydrogen) atoms. The van der Waals surface area contributed by atoms with Gasteiger partial charge in [-0.15, -0.1) is 0 Å². The van der Waals surface area contributed by atoms with Crippen molar-refractivity contribution in [3.8, 4) is 0 Å². The highest BCUT2D eigenvalue weighted by Crippen LogP contribution is 2.20. The van der Waals surface area contributed by atoms with Crippen LogP contribution >= 0.6 is 0 Å². The maximum absolute atomic E-state index is 12.3. The molecule has 1 fully saturated rings. The van der Waals surface area contributed by atoms with Gasteiger partial charge in [0.05, 0.1) is 6.54 Å². The largest absolute Gasteiger partial charge is 0.369 e. The number of nitrogens with one attached hydrogen (secondary N) is 2. The maximum Gasteiger partial charge on any atom is 0.238 e. The van der Waals surface area contributed by atoms with Gasteiger partial charge in [-0.3, -0.25) is 9.69 Å². The van der Waals surface area contributed by atoms with Gasteiger partial charge >= 0.3 is 0 Å². The predicted octanol–water partition coefficient (Wildman–Crippen LogP) is 4.30. The molecule has 4 rings (SSSR count). The van der Waals surface area contributed by atoms with Crippen LogP contribution in [0.2, 0.25) is 0 Å². The van der Waals surface area contributed by atoms with E-state index >= 15 is 0 Å². The summed E-state index contributed by atoms with van der Waals surface area (Å²) in [5.41, 5.74) is 4.58. The first-order valence-electron chi connectivity index (χ1n) is 11.4. The Hall–Kier alpha value is -3.15. The Bertz CT molecular complexity index is 968. The quantitative estimate of drug-likeness (QED) is 0.562. The molecule has 3 aromatic carbocycles. The number of carbonyl (C=O) groups is 1. The van der Waals surface area contributed by atoms with Gasteiger partial charge in [0, 0.05) is 50.1 Å². The fourth-order valence-corrected chi connectivity index (χ4v) is 4.07. The Morgan fingerprint density at radius 2 is 1.47 bits per heavy atom. The molecule has 1 aliphatic heterocycles. The summed E-state index contributed by atoms with van der Waals surface area (Å²) in [6, 6.07) is 29.1. The van der Waals surface area contributed by atoms with Gasteiger partial charge in [0.25, 0.3) is 0 Å². The minimum absolute atomic E-state index is 0.0324. The van der Waals surface area contributed by atoms with E-state index in [1.807, 2.05) is 30.3 Å². The van der Waals surface area contributed by atoms with E-state index in [0.29, 0.717) is 0 Å². The Balaban J connectivity index is 1.21. The predicted molar refractivity (Wildman–Crippen MR) is 132 cm³/mol. The molecule has 3 aromatic rings. The number of hydrogen-bond donors (Lipinski definition) is 2. The molecule has 0 aromatic heterocycles. The molecule has 1 saturated heterocycles. The van der Waals surface area contributed by atoms with E-state index in [0.717, 1.165) is 38.4 Å². The van der Waals surface area contributed by atoms with Gasteiger partial charge in [-0.2, -0.15) is 0 Å². The fraction of sp³-hybridized carbons (Fsp3) is 0.296. The molecule has 5 heteroatoms. The van der Waals surface area contributed by atoms with Crippen LogP contribution in [0.4, 0.5) is 11.4 Å². The third-order valence-corrected chi connectivity index (χ3v) is 6.01. The van der Waals surface area contributed by atoms with Crippen molar-refractivity contribution >= 4 is 17.3 Å². The van der Waals surface area contributed by atoms with Crippen molar-refractivity contribution < 1.29 is 4.79 Å². The van der Waals surface area contributed by atoms with Gasteiger partial charge < -0.3 is 15.5 Å². The Labute approximate surface area is 191 Å². The zero-order valence-corrected chi connectivity index (χ0v) is 18.7. The van der Waals surface area contributed by atoms with E-state index in [-0.39, 0.29) is 18.5 Å². The second kappa shape index (κ2) is 10.9.